The highest BCUT2D eigenvalue weighted by molar-refractivity contribution is 6.55. The molecule has 0 saturated heterocycles. The van der Waals surface area contributed by atoms with Crippen LogP contribution in [-0.4, -0.2) is 6.71 Å². The Labute approximate surface area is 92.4 Å². The zero-order valence-electron chi connectivity index (χ0n) is 9.53. The third-order valence-corrected chi connectivity index (χ3v) is 2.82. The van der Waals surface area contributed by atoms with Crippen molar-refractivity contribution in [2.45, 2.75) is 26.4 Å². The van der Waals surface area contributed by atoms with E-state index in [-0.39, 0.29) is 0 Å². The van der Waals surface area contributed by atoms with E-state index in [0.717, 1.165) is 6.71 Å². The van der Waals surface area contributed by atoms with E-state index in [9.17, 15) is 0 Å². The highest BCUT2D eigenvalue weighted by Gasteiger charge is 2.00. The van der Waals surface area contributed by atoms with Gasteiger partial charge in [0.15, 0.2) is 0 Å². The summed E-state index contributed by atoms with van der Waals surface area (Å²) < 4.78 is 0. The molecule has 0 aliphatic heterocycles. The molecule has 2 aromatic carbocycles. The summed E-state index contributed by atoms with van der Waals surface area (Å²) in [5, 5.41) is 2.70. The van der Waals surface area contributed by atoms with Crippen molar-refractivity contribution in [2.75, 3.05) is 0 Å². The number of fused-ring (bicyclic) bond motifs is 1. The summed E-state index contributed by atoms with van der Waals surface area (Å²) in [5.41, 5.74) is 1.46. The maximum Gasteiger partial charge on any atom is 0.133 e. The molecule has 0 radical (unpaired) electrons. The van der Waals surface area contributed by atoms with Crippen LogP contribution in [0.5, 0.6) is 0 Å². The third-order valence-electron chi connectivity index (χ3n) is 2.82. The molecular weight excluding hydrogens is 179 g/mol. The first-order chi connectivity index (χ1) is 7.25. The molecular formula is C14H17B. The van der Waals surface area contributed by atoms with Crippen LogP contribution in [0.15, 0.2) is 42.5 Å². The molecule has 0 unspecified atom stereocenters. The number of aryl methyl sites for hydroxylation is 1. The van der Waals surface area contributed by atoms with E-state index in [4.69, 9.17) is 0 Å². The molecule has 2 aromatic rings. The monoisotopic (exact) mass is 196 g/mol. The Morgan fingerprint density at radius 3 is 2.40 bits per heavy atom. The van der Waals surface area contributed by atoms with Crippen molar-refractivity contribution in [3.05, 3.63) is 48.0 Å². The van der Waals surface area contributed by atoms with Gasteiger partial charge in [0, 0.05) is 0 Å². The van der Waals surface area contributed by atoms with Gasteiger partial charge in [0.05, 0.1) is 0 Å². The van der Waals surface area contributed by atoms with E-state index in [2.05, 4.69) is 56.1 Å². The zero-order valence-corrected chi connectivity index (χ0v) is 9.53. The molecule has 15 heavy (non-hydrogen) atoms. The molecule has 0 aliphatic carbocycles. The minimum Gasteiger partial charge on any atom is -0.0863 e. The van der Waals surface area contributed by atoms with Crippen LogP contribution in [0, 0.1) is 0 Å². The summed E-state index contributed by atoms with van der Waals surface area (Å²) >= 11 is 0. The molecule has 76 valence electrons. The number of rotatable bonds is 3. The maximum absolute atomic E-state index is 2.32. The van der Waals surface area contributed by atoms with Gasteiger partial charge in [-0.15, -0.1) is 0 Å². The Balaban J connectivity index is 2.23. The Kier molecular flexibility index (Phi) is 3.10. The van der Waals surface area contributed by atoms with E-state index < -0.39 is 0 Å². The summed E-state index contributed by atoms with van der Waals surface area (Å²) in [6.45, 7) is 5.35. The zero-order chi connectivity index (χ0) is 10.7. The van der Waals surface area contributed by atoms with Gasteiger partial charge in [-0.2, -0.15) is 0 Å². The van der Waals surface area contributed by atoms with Gasteiger partial charge in [-0.05, 0) is 22.8 Å². The molecule has 0 aromatic heterocycles. The second kappa shape index (κ2) is 4.52. The van der Waals surface area contributed by atoms with Gasteiger partial charge in [0.2, 0.25) is 0 Å². The topological polar surface area (TPSA) is 0 Å². The van der Waals surface area contributed by atoms with Gasteiger partial charge in [-0.1, -0.05) is 62.4 Å². The van der Waals surface area contributed by atoms with Gasteiger partial charge < -0.3 is 0 Å². The molecule has 0 amide bonds. The average molecular weight is 196 g/mol. The highest BCUT2D eigenvalue weighted by Crippen LogP contribution is 2.17. The molecule has 0 N–H and O–H groups in total. The fourth-order valence-electron chi connectivity index (χ4n) is 1.85. The summed E-state index contributed by atoms with van der Waals surface area (Å²) in [6.07, 6.45) is 2.47. The molecule has 0 saturated carbocycles. The lowest BCUT2D eigenvalue weighted by molar-refractivity contribution is 1.12. The Hall–Kier alpha value is -1.24. The third kappa shape index (κ3) is 2.62. The van der Waals surface area contributed by atoms with Crippen molar-refractivity contribution >= 4 is 17.5 Å². The molecule has 2 rings (SSSR count). The molecule has 0 aliphatic rings. The van der Waals surface area contributed by atoms with Crippen LogP contribution < -0.4 is 0 Å². The van der Waals surface area contributed by atoms with Gasteiger partial charge in [0.25, 0.3) is 0 Å². The van der Waals surface area contributed by atoms with Crippen molar-refractivity contribution in [3.8, 4) is 0 Å². The number of hydrogen-bond acceptors (Lipinski definition) is 0. The van der Waals surface area contributed by atoms with E-state index in [1.807, 2.05) is 0 Å². The van der Waals surface area contributed by atoms with E-state index >= 15 is 0 Å². The van der Waals surface area contributed by atoms with E-state index in [1.165, 1.54) is 29.1 Å². The first-order valence-electron chi connectivity index (χ1n) is 5.73. The highest BCUT2D eigenvalue weighted by atomic mass is 14.0. The van der Waals surface area contributed by atoms with E-state index in [1.54, 1.807) is 0 Å². The fourth-order valence-corrected chi connectivity index (χ4v) is 1.85. The maximum atomic E-state index is 2.32. The van der Waals surface area contributed by atoms with Gasteiger partial charge in [-0.25, -0.2) is 0 Å². The molecule has 0 bridgehead atoms. The summed E-state index contributed by atoms with van der Waals surface area (Å²) in [5.74, 6) is 0. The molecule has 1 heteroatoms. The van der Waals surface area contributed by atoms with Crippen molar-refractivity contribution < 1.29 is 0 Å². The summed E-state index contributed by atoms with van der Waals surface area (Å²) in [7, 11) is 0. The predicted molar refractivity (Wildman–Crippen MR) is 69.9 cm³/mol. The minimum absolute atomic E-state index is 0.788. The number of benzene rings is 2. The molecule has 0 fully saturated rings. The number of hydrogen-bond donors (Lipinski definition) is 0. The second-order valence-electron chi connectivity index (χ2n) is 4.61. The molecule has 0 heterocycles. The molecule has 0 atom stereocenters. The first kappa shape index (κ1) is 10.3. The average Bonchev–Trinajstić information content (AvgIpc) is 2.26. The quantitative estimate of drug-likeness (QED) is 0.647. The van der Waals surface area contributed by atoms with Gasteiger partial charge in [-0.3, -0.25) is 0 Å². The SMILES string of the molecule is CB(C)CCc1ccc2ccccc2c1. The van der Waals surface area contributed by atoms with Crippen molar-refractivity contribution in [2.24, 2.45) is 0 Å². The summed E-state index contributed by atoms with van der Waals surface area (Å²) in [4.78, 5) is 0. The largest absolute Gasteiger partial charge is 0.133 e. The smallest absolute Gasteiger partial charge is 0.0863 e. The Morgan fingerprint density at radius 1 is 0.933 bits per heavy atom. The first-order valence-corrected chi connectivity index (χ1v) is 5.73. The Morgan fingerprint density at radius 2 is 1.67 bits per heavy atom. The van der Waals surface area contributed by atoms with Crippen molar-refractivity contribution in [3.63, 3.8) is 0 Å². The van der Waals surface area contributed by atoms with Crippen LogP contribution >= 0.6 is 0 Å². The van der Waals surface area contributed by atoms with Crippen LogP contribution in [0.25, 0.3) is 10.8 Å². The molecule has 0 nitrogen and oxygen atoms in total. The van der Waals surface area contributed by atoms with Crippen LogP contribution in [0.3, 0.4) is 0 Å². The standard InChI is InChI=1S/C14H17B/c1-15(2)10-9-12-7-8-13-5-3-4-6-14(13)11-12/h3-8,11H,9-10H2,1-2H3. The minimum atomic E-state index is 0.788. The van der Waals surface area contributed by atoms with Crippen LogP contribution in [0.4, 0.5) is 0 Å². The van der Waals surface area contributed by atoms with Crippen LogP contribution in [-0.2, 0) is 6.42 Å². The van der Waals surface area contributed by atoms with Crippen molar-refractivity contribution in [1.29, 1.82) is 0 Å². The Bertz CT molecular complexity index is 446. The van der Waals surface area contributed by atoms with Crippen LogP contribution in [0.1, 0.15) is 5.56 Å². The van der Waals surface area contributed by atoms with Gasteiger partial charge in [0.1, 0.15) is 6.71 Å². The fraction of sp³-hybridized carbons (Fsp3) is 0.286. The molecule has 0 spiro atoms. The van der Waals surface area contributed by atoms with Crippen molar-refractivity contribution in [1.82, 2.24) is 0 Å². The second-order valence-corrected chi connectivity index (χ2v) is 4.61. The summed E-state index contributed by atoms with van der Waals surface area (Å²) in [6, 6.07) is 15.4. The lowest BCUT2D eigenvalue weighted by Gasteiger charge is -2.04. The van der Waals surface area contributed by atoms with Crippen LogP contribution in [0.2, 0.25) is 20.0 Å². The lowest BCUT2D eigenvalue weighted by Crippen LogP contribution is -2.00. The lowest BCUT2D eigenvalue weighted by atomic mass is 9.51. The predicted octanol–water partition coefficient (Wildman–Crippen LogP) is 4.14. The van der Waals surface area contributed by atoms with Gasteiger partial charge >= 0.3 is 0 Å². The van der Waals surface area contributed by atoms with E-state index in [0.29, 0.717) is 0 Å². The normalized spacial score (nSPS) is 10.5.